The van der Waals surface area contributed by atoms with Crippen molar-refractivity contribution in [2.24, 2.45) is 11.8 Å². The molecule has 2 aliphatic heterocycles. The predicted molar refractivity (Wildman–Crippen MR) is 279 cm³/mol. The lowest BCUT2D eigenvalue weighted by Gasteiger charge is -2.22. The van der Waals surface area contributed by atoms with E-state index < -0.39 is 0 Å². The van der Waals surface area contributed by atoms with Crippen molar-refractivity contribution in [2.45, 2.75) is 77.3 Å². The minimum atomic E-state index is -0.373. The van der Waals surface area contributed by atoms with Crippen molar-refractivity contribution in [3.63, 3.8) is 0 Å². The predicted octanol–water partition coefficient (Wildman–Crippen LogP) is 11.0. The van der Waals surface area contributed by atoms with E-state index in [0.717, 1.165) is 99.6 Å². The molecule has 0 radical (unpaired) electrons. The van der Waals surface area contributed by atoms with Crippen molar-refractivity contribution in [2.75, 3.05) is 46.7 Å². The van der Waals surface area contributed by atoms with Crippen LogP contribution in [0.3, 0.4) is 0 Å². The average Bonchev–Trinajstić information content (AvgIpc) is 4.27. The van der Waals surface area contributed by atoms with E-state index in [1.807, 2.05) is 96.6 Å². The standard InChI is InChI=1S/C29H30FN5O2S.C23H26BrN5OS/c1-18-13-20(5-8-24(18)29(36)33-22-6-7-22)26-17-32-28-25(31-16-19-9-11-38-12-10-19)15-27(34-35(26)28)37-23-4-2-3-21(30)14-23;1-14-10-16(2-5-18(14)23(30)27-17-3-4-17)20-13-26-22-19(11-21(24)28-29(20)22)25-12-15-6-8-31-9-7-15/h2-5,8,13-15,17,19,22,31H,6-7,9-12,16H2,1H3,(H,33,36);2,5,10-11,13,15,17,25H,3-4,6-9,12H2,1H3,(H,27,30). The molecule has 4 aromatic heterocycles. The molecule has 2 saturated heterocycles. The Morgan fingerprint density at radius 1 is 0.667 bits per heavy atom. The molecule has 11 rings (SSSR count). The van der Waals surface area contributed by atoms with E-state index >= 15 is 0 Å². The summed E-state index contributed by atoms with van der Waals surface area (Å²) in [7, 11) is 0. The van der Waals surface area contributed by atoms with Gasteiger partial charge >= 0.3 is 0 Å². The van der Waals surface area contributed by atoms with Gasteiger partial charge in [-0.05, 0) is 170 Å². The number of aryl methyl sites for hydroxylation is 2. The Hall–Kier alpha value is -5.65. The number of hydrogen-bond donors (Lipinski definition) is 4. The van der Waals surface area contributed by atoms with Crippen LogP contribution in [0.4, 0.5) is 15.8 Å². The number of thioether (sulfide) groups is 2. The number of benzene rings is 3. The van der Waals surface area contributed by atoms with Crippen molar-refractivity contribution in [3.8, 4) is 34.1 Å². The zero-order chi connectivity index (χ0) is 47.4. The molecule has 2 amide bonds. The summed E-state index contributed by atoms with van der Waals surface area (Å²) < 4.78 is 24.2. The minimum Gasteiger partial charge on any atom is -0.437 e. The van der Waals surface area contributed by atoms with E-state index in [1.54, 1.807) is 22.8 Å². The topological polar surface area (TPSA) is 152 Å². The van der Waals surface area contributed by atoms with Gasteiger partial charge in [-0.2, -0.15) is 28.6 Å². The Bertz CT molecular complexity index is 3000. The van der Waals surface area contributed by atoms with Crippen LogP contribution < -0.4 is 26.0 Å². The molecule has 4 N–H and O–H groups in total. The second kappa shape index (κ2) is 21.1. The maximum atomic E-state index is 13.8. The highest BCUT2D eigenvalue weighted by molar-refractivity contribution is 9.10. The van der Waals surface area contributed by atoms with E-state index in [0.29, 0.717) is 46.8 Å². The summed E-state index contributed by atoms with van der Waals surface area (Å²) in [5.41, 5.74) is 10.1. The van der Waals surface area contributed by atoms with Crippen LogP contribution in [0.2, 0.25) is 0 Å². The molecule has 358 valence electrons. The Labute approximate surface area is 418 Å². The summed E-state index contributed by atoms with van der Waals surface area (Å²) in [5, 5.41) is 22.7. The Balaban J connectivity index is 0.000000164. The molecule has 6 heterocycles. The number of fused-ring (bicyclic) bond motifs is 2. The van der Waals surface area contributed by atoms with Crippen LogP contribution in [0.15, 0.2) is 89.8 Å². The molecule has 7 aromatic rings. The van der Waals surface area contributed by atoms with Crippen molar-refractivity contribution in [1.82, 2.24) is 39.8 Å². The maximum Gasteiger partial charge on any atom is 0.251 e. The normalized spacial score (nSPS) is 16.5. The Morgan fingerprint density at radius 2 is 1.17 bits per heavy atom. The molecule has 0 unspecified atom stereocenters. The largest absolute Gasteiger partial charge is 0.437 e. The van der Waals surface area contributed by atoms with Gasteiger partial charge in [0.05, 0.1) is 35.2 Å². The van der Waals surface area contributed by atoms with Gasteiger partial charge in [0.1, 0.15) is 16.2 Å². The molecule has 2 saturated carbocycles. The molecule has 2 aliphatic carbocycles. The first-order valence-corrected chi connectivity index (χ1v) is 27.1. The highest BCUT2D eigenvalue weighted by Gasteiger charge is 2.26. The molecule has 4 fully saturated rings. The van der Waals surface area contributed by atoms with Gasteiger partial charge in [0, 0.05) is 59.6 Å². The van der Waals surface area contributed by atoms with Crippen LogP contribution in [-0.4, -0.2) is 89.2 Å². The van der Waals surface area contributed by atoms with Gasteiger partial charge in [0.2, 0.25) is 5.88 Å². The Morgan fingerprint density at radius 3 is 1.67 bits per heavy atom. The van der Waals surface area contributed by atoms with Crippen LogP contribution in [0.5, 0.6) is 11.6 Å². The third-order valence-corrected chi connectivity index (χ3v) is 15.6. The number of anilines is 2. The number of amides is 2. The lowest BCUT2D eigenvalue weighted by molar-refractivity contribution is 0.0942. The summed E-state index contributed by atoms with van der Waals surface area (Å²) in [4.78, 5) is 34.4. The average molecular weight is 1030 g/mol. The monoisotopic (exact) mass is 1030 g/mol. The minimum absolute atomic E-state index is 0.0122. The van der Waals surface area contributed by atoms with Crippen molar-refractivity contribution < 1.29 is 18.7 Å². The van der Waals surface area contributed by atoms with E-state index in [9.17, 15) is 14.0 Å². The Kier molecular flexibility index (Phi) is 14.4. The van der Waals surface area contributed by atoms with Gasteiger partial charge in [0.15, 0.2) is 11.3 Å². The summed E-state index contributed by atoms with van der Waals surface area (Å²) in [6.45, 7) is 5.72. The third kappa shape index (κ3) is 11.5. The van der Waals surface area contributed by atoms with Gasteiger partial charge in [-0.3, -0.25) is 9.59 Å². The van der Waals surface area contributed by atoms with E-state index in [-0.39, 0.29) is 17.6 Å². The molecule has 69 heavy (non-hydrogen) atoms. The van der Waals surface area contributed by atoms with Crippen LogP contribution in [0, 0.1) is 31.5 Å². The number of halogens is 2. The number of nitrogens with one attached hydrogen (secondary N) is 4. The highest BCUT2D eigenvalue weighted by Crippen LogP contribution is 2.33. The van der Waals surface area contributed by atoms with Crippen LogP contribution in [0.1, 0.15) is 83.2 Å². The van der Waals surface area contributed by atoms with Crippen LogP contribution in [0.25, 0.3) is 33.8 Å². The molecule has 3 aromatic carbocycles. The number of nitrogens with zero attached hydrogens (tertiary/aromatic N) is 6. The fourth-order valence-corrected chi connectivity index (χ4v) is 11.6. The fraction of sp³-hybridized carbons (Fsp3) is 0.385. The smallest absolute Gasteiger partial charge is 0.251 e. The van der Waals surface area contributed by atoms with Gasteiger partial charge < -0.3 is 26.0 Å². The zero-order valence-electron chi connectivity index (χ0n) is 38.8. The summed E-state index contributed by atoms with van der Waals surface area (Å²) in [6.07, 6.45) is 12.8. The molecular formula is C52H56BrFN10O3S2. The van der Waals surface area contributed by atoms with E-state index in [2.05, 4.69) is 47.3 Å². The SMILES string of the molecule is Cc1cc(-c2cnc3c(NCC4CCSCC4)cc(Br)nn23)ccc1C(=O)NC1CC1.Cc1cc(-c2cnc3c(NCC4CCSCC4)cc(Oc4cccc(F)c4)nn23)ccc1C(=O)NC1CC1. The lowest BCUT2D eigenvalue weighted by atomic mass is 10.0. The van der Waals surface area contributed by atoms with Gasteiger partial charge in [-0.25, -0.2) is 23.4 Å². The number of carbonyl (C=O) groups is 2. The molecule has 0 atom stereocenters. The molecule has 0 spiro atoms. The number of imidazole rings is 2. The summed E-state index contributed by atoms with van der Waals surface area (Å²) in [6, 6.07) is 22.2. The quantitative estimate of drug-likeness (QED) is 0.0824. The summed E-state index contributed by atoms with van der Waals surface area (Å²) in [5.74, 6) is 6.50. The summed E-state index contributed by atoms with van der Waals surface area (Å²) >= 11 is 7.62. The van der Waals surface area contributed by atoms with Gasteiger partial charge in [-0.15, -0.1) is 5.10 Å². The van der Waals surface area contributed by atoms with Crippen molar-refractivity contribution in [3.05, 3.63) is 118 Å². The second-order valence-electron chi connectivity index (χ2n) is 18.5. The first-order chi connectivity index (χ1) is 33.6. The number of hydrogen-bond acceptors (Lipinski definition) is 11. The molecule has 4 aliphatic rings. The van der Waals surface area contributed by atoms with E-state index in [4.69, 9.17) is 14.8 Å². The first-order valence-electron chi connectivity index (χ1n) is 24.0. The molecule has 17 heteroatoms. The fourth-order valence-electron chi connectivity index (χ4n) is 8.79. The number of rotatable bonds is 14. The van der Waals surface area contributed by atoms with Crippen molar-refractivity contribution in [1.29, 1.82) is 0 Å². The molecule has 13 nitrogen and oxygen atoms in total. The number of carbonyl (C=O) groups excluding carboxylic acids is 2. The van der Waals surface area contributed by atoms with Crippen LogP contribution >= 0.6 is 39.5 Å². The van der Waals surface area contributed by atoms with E-state index in [1.165, 1.54) is 60.8 Å². The van der Waals surface area contributed by atoms with Gasteiger partial charge in [0.25, 0.3) is 11.8 Å². The number of aromatic nitrogens is 6. The maximum absolute atomic E-state index is 13.8. The van der Waals surface area contributed by atoms with Crippen molar-refractivity contribution >= 4 is 73.9 Å². The van der Waals surface area contributed by atoms with Gasteiger partial charge in [-0.1, -0.05) is 18.2 Å². The first kappa shape index (κ1) is 47.0. The second-order valence-corrected chi connectivity index (χ2v) is 21.8. The molecular weight excluding hydrogens is 976 g/mol. The number of ether oxygens (including phenoxy) is 1. The third-order valence-electron chi connectivity index (χ3n) is 13.1. The zero-order valence-corrected chi connectivity index (χ0v) is 42.0. The highest BCUT2D eigenvalue weighted by atomic mass is 79.9. The lowest BCUT2D eigenvalue weighted by Crippen LogP contribution is -2.26. The van der Waals surface area contributed by atoms with Crippen LogP contribution in [-0.2, 0) is 0 Å². The molecule has 0 bridgehead atoms.